The van der Waals surface area contributed by atoms with Gasteiger partial charge in [-0.25, -0.2) is 9.37 Å². The second-order valence-corrected chi connectivity index (χ2v) is 10.3. The number of hydrogen-bond donors (Lipinski definition) is 5. The van der Waals surface area contributed by atoms with Crippen LogP contribution >= 0.6 is 19.2 Å². The summed E-state index contributed by atoms with van der Waals surface area (Å²) in [6.45, 7) is 1.46. The summed E-state index contributed by atoms with van der Waals surface area (Å²) in [5, 5.41) is 34.3. The Morgan fingerprint density at radius 1 is 1.31 bits per heavy atom. The molecule has 3 aromatic rings. The number of aliphatic hydroxyl groups is 2. The number of fused-ring (bicyclic) bond motifs is 1. The smallest absolute Gasteiger partial charge is 0.350 e. The molecule has 14 heteroatoms. The van der Waals surface area contributed by atoms with Crippen molar-refractivity contribution in [2.75, 3.05) is 18.3 Å². The van der Waals surface area contributed by atoms with Crippen LogP contribution in [0.5, 0.6) is 0 Å². The summed E-state index contributed by atoms with van der Waals surface area (Å²) in [4.78, 5) is 22.2. The van der Waals surface area contributed by atoms with Gasteiger partial charge in [-0.1, -0.05) is 23.7 Å². The molecule has 5 N–H and O–H groups in total. The first-order chi connectivity index (χ1) is 17.0. The Morgan fingerprint density at radius 3 is 2.64 bits per heavy atom. The highest BCUT2D eigenvalue weighted by atomic mass is 35.5. The lowest BCUT2D eigenvalue weighted by Crippen LogP contribution is -2.33. The Kier molecular flexibility index (Phi) is 7.66. The fourth-order valence-electron chi connectivity index (χ4n) is 4.03. The maximum Gasteiger partial charge on any atom is 0.350 e. The first kappa shape index (κ1) is 26.5. The highest BCUT2D eigenvalue weighted by molar-refractivity contribution is 7.51. The van der Waals surface area contributed by atoms with Crippen molar-refractivity contribution < 1.29 is 38.4 Å². The molecule has 0 spiro atoms. The number of nitrogens with one attached hydrogen (secondary N) is 1. The highest BCUT2D eigenvalue weighted by Gasteiger charge is 2.44. The molecular formula is C22H23ClFN4O7P. The van der Waals surface area contributed by atoms with Crippen LogP contribution in [0.1, 0.15) is 30.3 Å². The molecule has 0 unspecified atom stereocenters. The van der Waals surface area contributed by atoms with E-state index in [0.29, 0.717) is 11.1 Å². The number of nitriles is 1. The van der Waals surface area contributed by atoms with Gasteiger partial charge in [0.25, 0.3) is 0 Å². The molecule has 4 rings (SSSR count). The van der Waals surface area contributed by atoms with E-state index in [4.69, 9.17) is 30.9 Å². The monoisotopic (exact) mass is 540 g/mol. The van der Waals surface area contributed by atoms with Gasteiger partial charge in [0.1, 0.15) is 47.8 Å². The van der Waals surface area contributed by atoms with Crippen molar-refractivity contribution in [2.24, 2.45) is 0 Å². The van der Waals surface area contributed by atoms with Gasteiger partial charge in [-0.3, -0.25) is 4.57 Å². The average molecular weight is 541 g/mol. The van der Waals surface area contributed by atoms with Crippen molar-refractivity contribution in [3.8, 4) is 6.07 Å². The first-order valence-corrected chi connectivity index (χ1v) is 12.9. The van der Waals surface area contributed by atoms with Crippen LogP contribution < -0.4 is 5.32 Å². The molecule has 0 amide bonds. The van der Waals surface area contributed by atoms with Gasteiger partial charge in [0, 0.05) is 17.6 Å². The molecule has 3 heterocycles. The molecule has 1 saturated heterocycles. The molecule has 0 aliphatic carbocycles. The molecule has 36 heavy (non-hydrogen) atoms. The fourth-order valence-corrected chi connectivity index (χ4v) is 4.59. The van der Waals surface area contributed by atoms with E-state index in [1.807, 2.05) is 13.0 Å². The number of ether oxygens (including phenoxy) is 2. The van der Waals surface area contributed by atoms with E-state index in [9.17, 15) is 24.4 Å². The number of hydrogen-bond acceptors (Lipinski definition) is 8. The highest BCUT2D eigenvalue weighted by Crippen LogP contribution is 2.39. The number of aliphatic hydroxyl groups excluding tert-OH is 2. The SMILES string of the molecule is C[C@H](Nc1c(C#N)c(Cl)nc2c1ccn2[C@@H]1O[C@H](COCP(=O)(O)O)[C@@H](O)[C@H]1O)c1ccc(F)cc1. The lowest BCUT2D eigenvalue weighted by molar-refractivity contribution is -0.0610. The normalized spacial score (nSPS) is 23.1. The van der Waals surface area contributed by atoms with E-state index >= 15 is 0 Å². The van der Waals surface area contributed by atoms with E-state index < -0.39 is 38.5 Å². The van der Waals surface area contributed by atoms with Crippen LogP contribution in [0.3, 0.4) is 0 Å². The van der Waals surface area contributed by atoms with Crippen molar-refractivity contribution in [1.82, 2.24) is 9.55 Å². The van der Waals surface area contributed by atoms with E-state index in [-0.39, 0.29) is 34.8 Å². The Morgan fingerprint density at radius 2 is 2.00 bits per heavy atom. The van der Waals surface area contributed by atoms with Crippen molar-refractivity contribution in [3.05, 3.63) is 58.6 Å². The standard InChI is InChI=1S/C22H23ClFN4O7P/c1-11(12-2-4-13(24)5-3-12)26-17-14-6-7-28(21(14)27-20(23)15(17)8-25)22-19(30)18(29)16(35-22)9-34-10-36(31,32)33/h2-7,11,16,18-19,22,29-30H,9-10H2,1H3,(H,26,27)(H2,31,32,33)/t11-,16+,18+,19+,22+/m0/s1. The molecule has 5 atom stereocenters. The number of benzene rings is 1. The molecule has 0 saturated carbocycles. The zero-order valence-electron chi connectivity index (χ0n) is 18.8. The third-order valence-electron chi connectivity index (χ3n) is 5.81. The molecule has 1 aliphatic heterocycles. The quantitative estimate of drug-likeness (QED) is 0.211. The van der Waals surface area contributed by atoms with Gasteiger partial charge in [0.15, 0.2) is 11.4 Å². The second kappa shape index (κ2) is 10.4. The maximum atomic E-state index is 13.3. The Balaban J connectivity index is 1.65. The predicted molar refractivity (Wildman–Crippen MR) is 127 cm³/mol. The molecule has 1 aromatic carbocycles. The summed E-state index contributed by atoms with van der Waals surface area (Å²) >= 11 is 6.32. The third-order valence-corrected chi connectivity index (χ3v) is 6.60. The fraction of sp³-hybridized carbons (Fsp3) is 0.364. The number of pyridine rings is 1. The van der Waals surface area contributed by atoms with Crippen molar-refractivity contribution >= 4 is 35.9 Å². The minimum Gasteiger partial charge on any atom is -0.387 e. The molecule has 1 aliphatic rings. The van der Waals surface area contributed by atoms with Gasteiger partial charge in [-0.2, -0.15) is 5.26 Å². The predicted octanol–water partition coefficient (Wildman–Crippen LogP) is 2.64. The molecule has 1 fully saturated rings. The van der Waals surface area contributed by atoms with Crippen LogP contribution in [0.4, 0.5) is 10.1 Å². The van der Waals surface area contributed by atoms with Crippen LogP contribution in [0, 0.1) is 17.1 Å². The number of anilines is 1. The van der Waals surface area contributed by atoms with Gasteiger partial charge in [0.05, 0.1) is 12.3 Å². The second-order valence-electron chi connectivity index (χ2n) is 8.35. The Hall–Kier alpha value is -2.59. The molecular weight excluding hydrogens is 518 g/mol. The topological polar surface area (TPSA) is 170 Å². The summed E-state index contributed by atoms with van der Waals surface area (Å²) in [7, 11) is -4.41. The molecule has 0 bridgehead atoms. The number of nitrogens with zero attached hydrogens (tertiary/aromatic N) is 3. The zero-order chi connectivity index (χ0) is 26.2. The van der Waals surface area contributed by atoms with Gasteiger partial charge < -0.3 is 39.4 Å². The first-order valence-electron chi connectivity index (χ1n) is 10.8. The van der Waals surface area contributed by atoms with Crippen LogP contribution in [-0.2, 0) is 14.0 Å². The van der Waals surface area contributed by atoms with Gasteiger partial charge >= 0.3 is 7.60 Å². The number of halogens is 2. The number of rotatable bonds is 8. The van der Waals surface area contributed by atoms with Crippen LogP contribution in [0.15, 0.2) is 36.5 Å². The molecule has 0 radical (unpaired) electrons. The molecule has 11 nitrogen and oxygen atoms in total. The lowest BCUT2D eigenvalue weighted by atomic mass is 10.1. The van der Waals surface area contributed by atoms with Crippen molar-refractivity contribution in [3.63, 3.8) is 0 Å². The zero-order valence-corrected chi connectivity index (χ0v) is 20.5. The number of aromatic nitrogens is 2. The van der Waals surface area contributed by atoms with Crippen molar-refractivity contribution in [2.45, 2.75) is 37.5 Å². The molecule has 2 aromatic heterocycles. The van der Waals surface area contributed by atoms with E-state index in [1.54, 1.807) is 24.4 Å². The van der Waals surface area contributed by atoms with Crippen LogP contribution in [0.25, 0.3) is 11.0 Å². The van der Waals surface area contributed by atoms with Gasteiger partial charge in [-0.15, -0.1) is 0 Å². The summed E-state index contributed by atoms with van der Waals surface area (Å²) in [6.07, 6.45) is -4.34. The lowest BCUT2D eigenvalue weighted by Gasteiger charge is -2.20. The largest absolute Gasteiger partial charge is 0.387 e. The van der Waals surface area contributed by atoms with Crippen LogP contribution in [0.2, 0.25) is 5.15 Å². The average Bonchev–Trinajstić information content (AvgIpc) is 3.34. The van der Waals surface area contributed by atoms with E-state index in [0.717, 1.165) is 5.56 Å². The summed E-state index contributed by atoms with van der Waals surface area (Å²) in [5.41, 5.74) is 1.47. The van der Waals surface area contributed by atoms with E-state index in [1.165, 1.54) is 16.7 Å². The summed E-state index contributed by atoms with van der Waals surface area (Å²) in [5.74, 6) is -0.377. The van der Waals surface area contributed by atoms with Crippen LogP contribution in [-0.4, -0.2) is 60.8 Å². The minimum absolute atomic E-state index is 0.0903. The summed E-state index contributed by atoms with van der Waals surface area (Å²) < 4.78 is 36.4. The molecule has 192 valence electrons. The Labute approximate surface area is 209 Å². The third kappa shape index (κ3) is 5.39. The van der Waals surface area contributed by atoms with Gasteiger partial charge in [0.2, 0.25) is 0 Å². The Bertz CT molecular complexity index is 1340. The minimum atomic E-state index is -4.41. The maximum absolute atomic E-state index is 13.3. The van der Waals surface area contributed by atoms with Gasteiger partial charge in [-0.05, 0) is 30.7 Å². The van der Waals surface area contributed by atoms with E-state index in [2.05, 4.69) is 10.3 Å². The van der Waals surface area contributed by atoms with Crippen molar-refractivity contribution in [1.29, 1.82) is 5.26 Å². The summed E-state index contributed by atoms with van der Waals surface area (Å²) in [6, 6.07) is 9.21.